The Kier molecular flexibility index (Phi) is 8.29. The van der Waals surface area contributed by atoms with E-state index >= 15 is 0 Å². The Balaban J connectivity index is 1.47. The number of rotatable bonds is 9. The first kappa shape index (κ1) is 22.6. The van der Waals surface area contributed by atoms with Crippen LogP contribution in [-0.4, -0.2) is 44.1 Å². The predicted molar refractivity (Wildman–Crippen MR) is 117 cm³/mol. The zero-order chi connectivity index (χ0) is 22.1. The summed E-state index contributed by atoms with van der Waals surface area (Å²) in [7, 11) is 1.62. The Morgan fingerprint density at radius 2 is 1.71 bits per heavy atom. The first-order valence-electron chi connectivity index (χ1n) is 10.5. The van der Waals surface area contributed by atoms with E-state index in [1.54, 1.807) is 7.11 Å². The number of ether oxygens (including phenoxy) is 3. The van der Waals surface area contributed by atoms with Gasteiger partial charge >= 0.3 is 12.1 Å². The summed E-state index contributed by atoms with van der Waals surface area (Å²) in [4.78, 5) is 22.9. The van der Waals surface area contributed by atoms with E-state index in [0.717, 1.165) is 42.6 Å². The molecule has 1 aliphatic rings. The molecule has 1 aliphatic carbocycles. The van der Waals surface area contributed by atoms with Gasteiger partial charge in [-0.3, -0.25) is 5.32 Å². The third kappa shape index (κ3) is 7.00. The van der Waals surface area contributed by atoms with E-state index < -0.39 is 12.1 Å². The molecule has 166 valence electrons. The van der Waals surface area contributed by atoms with Crippen molar-refractivity contribution in [2.45, 2.75) is 25.7 Å². The predicted octanol–water partition coefficient (Wildman–Crippen LogP) is 4.82. The van der Waals surface area contributed by atoms with Crippen molar-refractivity contribution in [1.82, 2.24) is 0 Å². The minimum atomic E-state index is -0.943. The zero-order valence-electron chi connectivity index (χ0n) is 17.7. The van der Waals surface area contributed by atoms with Crippen molar-refractivity contribution in [2.24, 2.45) is 11.8 Å². The number of carboxylic acid groups (broad SMARTS) is 1. The maximum atomic E-state index is 12.4. The zero-order valence-corrected chi connectivity index (χ0v) is 17.7. The minimum absolute atomic E-state index is 0.250. The molecule has 0 spiro atoms. The van der Waals surface area contributed by atoms with Gasteiger partial charge in [0.1, 0.15) is 12.4 Å². The van der Waals surface area contributed by atoms with Crippen molar-refractivity contribution in [3.05, 3.63) is 48.5 Å². The quantitative estimate of drug-likeness (QED) is 0.596. The van der Waals surface area contributed by atoms with Crippen LogP contribution in [-0.2, 0) is 14.3 Å². The Morgan fingerprint density at radius 1 is 1.00 bits per heavy atom. The molecule has 1 fully saturated rings. The number of carbonyl (C=O) groups excluding carboxylic acids is 1. The fourth-order valence-corrected chi connectivity index (χ4v) is 3.85. The van der Waals surface area contributed by atoms with Gasteiger partial charge in [0.15, 0.2) is 0 Å². The fraction of sp³-hybridized carbons (Fsp3) is 0.417. The van der Waals surface area contributed by atoms with Crippen molar-refractivity contribution in [3.8, 4) is 16.9 Å². The molecule has 7 heteroatoms. The first-order chi connectivity index (χ1) is 15.0. The van der Waals surface area contributed by atoms with Crippen LogP contribution >= 0.6 is 0 Å². The van der Waals surface area contributed by atoms with Gasteiger partial charge in [-0.25, -0.2) is 9.59 Å². The molecule has 2 aromatic carbocycles. The molecule has 0 unspecified atom stereocenters. The minimum Gasteiger partial charge on any atom is -0.497 e. The largest absolute Gasteiger partial charge is 0.497 e. The van der Waals surface area contributed by atoms with E-state index in [1.807, 2.05) is 48.5 Å². The van der Waals surface area contributed by atoms with Crippen molar-refractivity contribution in [3.63, 3.8) is 0 Å². The van der Waals surface area contributed by atoms with Gasteiger partial charge in [-0.1, -0.05) is 30.3 Å². The number of aliphatic carboxylic acids is 1. The van der Waals surface area contributed by atoms with Crippen LogP contribution in [0.4, 0.5) is 10.5 Å². The molecular formula is C24H29NO6. The average Bonchev–Trinajstić information content (AvgIpc) is 2.79. The topological polar surface area (TPSA) is 94.1 Å². The molecule has 31 heavy (non-hydrogen) atoms. The molecule has 0 saturated heterocycles. The van der Waals surface area contributed by atoms with Crippen LogP contribution in [0.2, 0.25) is 0 Å². The van der Waals surface area contributed by atoms with E-state index in [0.29, 0.717) is 30.7 Å². The van der Waals surface area contributed by atoms with Crippen molar-refractivity contribution in [2.75, 3.05) is 32.2 Å². The SMILES string of the molecule is COc1cccc(-c2ccccc2NC(=O)OC[C@H]2CC[C@H](COCC(=O)O)CC2)c1. The fourth-order valence-electron chi connectivity index (χ4n) is 3.85. The number of carbonyl (C=O) groups is 2. The van der Waals surface area contributed by atoms with Crippen molar-refractivity contribution >= 4 is 17.7 Å². The highest BCUT2D eigenvalue weighted by Crippen LogP contribution is 2.31. The second-order valence-electron chi connectivity index (χ2n) is 7.80. The summed E-state index contributed by atoms with van der Waals surface area (Å²) in [5.74, 6) is 0.495. The summed E-state index contributed by atoms with van der Waals surface area (Å²) in [6, 6.07) is 15.2. The number of methoxy groups -OCH3 is 1. The molecule has 3 rings (SSSR count). The number of nitrogens with one attached hydrogen (secondary N) is 1. The molecule has 1 amide bonds. The average molecular weight is 427 g/mol. The monoisotopic (exact) mass is 427 g/mol. The smallest absolute Gasteiger partial charge is 0.411 e. The molecule has 7 nitrogen and oxygen atoms in total. The van der Waals surface area contributed by atoms with Gasteiger partial charge in [-0.05, 0) is 61.3 Å². The van der Waals surface area contributed by atoms with Crippen LogP contribution in [0.1, 0.15) is 25.7 Å². The van der Waals surface area contributed by atoms with Gasteiger partial charge in [0.25, 0.3) is 0 Å². The van der Waals surface area contributed by atoms with Crippen LogP contribution < -0.4 is 10.1 Å². The van der Waals surface area contributed by atoms with Gasteiger partial charge in [0.05, 0.1) is 26.0 Å². The Bertz CT molecular complexity index is 876. The maximum Gasteiger partial charge on any atom is 0.411 e. The first-order valence-corrected chi connectivity index (χ1v) is 10.5. The van der Waals surface area contributed by atoms with E-state index in [-0.39, 0.29) is 6.61 Å². The molecule has 2 N–H and O–H groups in total. The number of anilines is 1. The number of para-hydroxylation sites is 1. The van der Waals surface area contributed by atoms with Gasteiger partial charge in [0, 0.05) is 5.56 Å². The summed E-state index contributed by atoms with van der Waals surface area (Å²) in [5, 5.41) is 11.5. The highest BCUT2D eigenvalue weighted by Gasteiger charge is 2.23. The third-order valence-electron chi connectivity index (χ3n) is 5.54. The highest BCUT2D eigenvalue weighted by molar-refractivity contribution is 5.91. The molecule has 0 bridgehead atoms. The number of hydrogen-bond donors (Lipinski definition) is 2. The van der Waals surface area contributed by atoms with Crippen LogP contribution in [0.5, 0.6) is 5.75 Å². The summed E-state index contributed by atoms with van der Waals surface area (Å²) >= 11 is 0. The molecule has 0 aliphatic heterocycles. The Hall–Kier alpha value is -3.06. The van der Waals surface area contributed by atoms with E-state index in [4.69, 9.17) is 19.3 Å². The van der Waals surface area contributed by atoms with E-state index in [1.165, 1.54) is 0 Å². The Labute approximate surface area is 182 Å². The van der Waals surface area contributed by atoms with Gasteiger partial charge in [-0.15, -0.1) is 0 Å². The lowest BCUT2D eigenvalue weighted by molar-refractivity contribution is -0.142. The summed E-state index contributed by atoms with van der Waals surface area (Å²) in [5.41, 5.74) is 2.51. The lowest BCUT2D eigenvalue weighted by Gasteiger charge is -2.27. The van der Waals surface area contributed by atoms with Crippen LogP contribution in [0.15, 0.2) is 48.5 Å². The summed E-state index contributed by atoms with van der Waals surface area (Å²) in [6.07, 6.45) is 3.31. The molecule has 0 atom stereocenters. The number of carboxylic acids is 1. The third-order valence-corrected chi connectivity index (χ3v) is 5.54. The molecular weight excluding hydrogens is 398 g/mol. The Morgan fingerprint density at radius 3 is 2.42 bits per heavy atom. The van der Waals surface area contributed by atoms with Crippen LogP contribution in [0, 0.1) is 11.8 Å². The number of amides is 1. The molecule has 0 radical (unpaired) electrons. The molecule has 1 saturated carbocycles. The maximum absolute atomic E-state index is 12.4. The van der Waals surface area contributed by atoms with Crippen LogP contribution in [0.3, 0.4) is 0 Å². The lowest BCUT2D eigenvalue weighted by Crippen LogP contribution is -2.25. The van der Waals surface area contributed by atoms with Gasteiger partial charge in [0.2, 0.25) is 0 Å². The molecule has 2 aromatic rings. The second-order valence-corrected chi connectivity index (χ2v) is 7.80. The number of benzene rings is 2. The van der Waals surface area contributed by atoms with Crippen LogP contribution in [0.25, 0.3) is 11.1 Å². The summed E-state index contributed by atoms with van der Waals surface area (Å²) < 4.78 is 16.0. The van der Waals surface area contributed by atoms with Crippen molar-refractivity contribution < 1.29 is 28.9 Å². The second kappa shape index (κ2) is 11.4. The lowest BCUT2D eigenvalue weighted by atomic mass is 9.83. The standard InChI is InChI=1S/C24H29NO6/c1-29-20-6-4-5-19(13-20)21-7-2-3-8-22(21)25-24(28)31-15-18-11-9-17(10-12-18)14-30-16-23(26)27/h2-8,13,17-18H,9-12,14-16H2,1H3,(H,25,28)(H,26,27)/t17-,18-. The van der Waals surface area contributed by atoms with Gasteiger partial charge < -0.3 is 19.3 Å². The number of hydrogen-bond acceptors (Lipinski definition) is 5. The molecule has 0 heterocycles. The van der Waals surface area contributed by atoms with E-state index in [9.17, 15) is 9.59 Å². The normalized spacial score (nSPS) is 18.2. The highest BCUT2D eigenvalue weighted by atomic mass is 16.5. The van der Waals surface area contributed by atoms with E-state index in [2.05, 4.69) is 5.32 Å². The van der Waals surface area contributed by atoms with Crippen molar-refractivity contribution in [1.29, 1.82) is 0 Å². The van der Waals surface area contributed by atoms with Gasteiger partial charge in [-0.2, -0.15) is 0 Å². The summed E-state index contributed by atoms with van der Waals surface area (Å²) in [6.45, 7) is 0.595. The molecule has 0 aromatic heterocycles.